The number of carbonyl (C=O) groups excluding carboxylic acids is 3. The minimum atomic E-state index is -0.478. The lowest BCUT2D eigenvalue weighted by molar-refractivity contribution is -0.127. The Labute approximate surface area is 186 Å². The SMILES string of the molecule is CC(C)c1ccc(/C=C2/SC(=O)N(CC(=O)Nc3ccc(Br)c(Cl)c3)C2=O)cc1. The predicted molar refractivity (Wildman–Crippen MR) is 121 cm³/mol. The van der Waals surface area contributed by atoms with Gasteiger partial charge >= 0.3 is 0 Å². The minimum Gasteiger partial charge on any atom is -0.324 e. The second-order valence-corrected chi connectivity index (χ2v) is 9.02. The van der Waals surface area contributed by atoms with E-state index in [1.54, 1.807) is 24.3 Å². The van der Waals surface area contributed by atoms with Crippen LogP contribution in [0.1, 0.15) is 30.9 Å². The molecule has 0 atom stereocenters. The molecule has 1 N–H and O–H groups in total. The molecular weight excluding hydrogens is 476 g/mol. The summed E-state index contributed by atoms with van der Waals surface area (Å²) in [5, 5.41) is 2.62. The average molecular weight is 494 g/mol. The van der Waals surface area contributed by atoms with Crippen molar-refractivity contribution in [1.82, 2.24) is 4.90 Å². The maximum atomic E-state index is 12.6. The number of nitrogens with zero attached hydrogens (tertiary/aromatic N) is 1. The highest BCUT2D eigenvalue weighted by Gasteiger charge is 2.36. The molecule has 0 bridgehead atoms. The number of amides is 3. The second-order valence-electron chi connectivity index (χ2n) is 6.77. The summed E-state index contributed by atoms with van der Waals surface area (Å²) in [6, 6.07) is 12.8. The molecule has 29 heavy (non-hydrogen) atoms. The summed E-state index contributed by atoms with van der Waals surface area (Å²) in [7, 11) is 0. The first-order valence-electron chi connectivity index (χ1n) is 8.85. The highest BCUT2D eigenvalue weighted by atomic mass is 79.9. The third kappa shape index (κ3) is 5.29. The van der Waals surface area contributed by atoms with Crippen molar-refractivity contribution in [1.29, 1.82) is 0 Å². The van der Waals surface area contributed by atoms with Gasteiger partial charge in [-0.05, 0) is 69.0 Å². The Bertz CT molecular complexity index is 1010. The summed E-state index contributed by atoms with van der Waals surface area (Å²) < 4.78 is 0.703. The van der Waals surface area contributed by atoms with Gasteiger partial charge in [0.1, 0.15) is 6.54 Å². The minimum absolute atomic E-state index is 0.298. The molecule has 0 radical (unpaired) electrons. The molecule has 2 aromatic carbocycles. The number of rotatable bonds is 5. The number of imide groups is 1. The molecule has 0 aliphatic carbocycles. The highest BCUT2D eigenvalue weighted by Crippen LogP contribution is 2.32. The van der Waals surface area contributed by atoms with Gasteiger partial charge in [0, 0.05) is 10.2 Å². The zero-order valence-corrected chi connectivity index (χ0v) is 18.9. The van der Waals surface area contributed by atoms with Crippen LogP contribution in [0.4, 0.5) is 10.5 Å². The van der Waals surface area contributed by atoms with Gasteiger partial charge in [0.25, 0.3) is 11.1 Å². The number of benzene rings is 2. The van der Waals surface area contributed by atoms with Gasteiger partial charge in [0.15, 0.2) is 0 Å². The molecule has 0 aromatic heterocycles. The Hall–Kier alpha value is -2.09. The first-order valence-corrected chi connectivity index (χ1v) is 10.8. The van der Waals surface area contributed by atoms with E-state index in [2.05, 4.69) is 35.1 Å². The summed E-state index contributed by atoms with van der Waals surface area (Å²) in [6.45, 7) is 3.85. The lowest BCUT2D eigenvalue weighted by atomic mass is 10.0. The van der Waals surface area contributed by atoms with Crippen molar-refractivity contribution in [2.45, 2.75) is 19.8 Å². The number of nitrogens with one attached hydrogen (secondary N) is 1. The van der Waals surface area contributed by atoms with Gasteiger partial charge < -0.3 is 5.32 Å². The van der Waals surface area contributed by atoms with Crippen LogP contribution in [0, 0.1) is 0 Å². The molecule has 0 spiro atoms. The van der Waals surface area contributed by atoms with Crippen LogP contribution < -0.4 is 5.32 Å². The average Bonchev–Trinajstić information content (AvgIpc) is 2.92. The number of halogens is 2. The quantitative estimate of drug-likeness (QED) is 0.527. The maximum absolute atomic E-state index is 12.6. The van der Waals surface area contributed by atoms with Crippen LogP contribution in [-0.2, 0) is 9.59 Å². The van der Waals surface area contributed by atoms with Crippen molar-refractivity contribution in [3.63, 3.8) is 0 Å². The lowest BCUT2D eigenvalue weighted by Crippen LogP contribution is -2.36. The van der Waals surface area contributed by atoms with Gasteiger partial charge in [-0.1, -0.05) is 49.7 Å². The third-order valence-corrected chi connectivity index (χ3v) is 6.42. The van der Waals surface area contributed by atoms with Gasteiger partial charge in [0.05, 0.1) is 9.93 Å². The van der Waals surface area contributed by atoms with E-state index in [0.717, 1.165) is 22.2 Å². The summed E-state index contributed by atoms with van der Waals surface area (Å²) in [6.07, 6.45) is 1.67. The fourth-order valence-corrected chi connectivity index (χ4v) is 3.95. The van der Waals surface area contributed by atoms with Crippen molar-refractivity contribution < 1.29 is 14.4 Å². The summed E-state index contributed by atoms with van der Waals surface area (Å²) in [5.74, 6) is -0.541. The van der Waals surface area contributed by atoms with Crippen molar-refractivity contribution in [3.8, 4) is 0 Å². The highest BCUT2D eigenvalue weighted by molar-refractivity contribution is 9.10. The van der Waals surface area contributed by atoms with Crippen LogP contribution in [0.5, 0.6) is 0 Å². The maximum Gasteiger partial charge on any atom is 0.294 e. The van der Waals surface area contributed by atoms with Crippen LogP contribution in [-0.4, -0.2) is 28.5 Å². The molecule has 1 heterocycles. The zero-order chi connectivity index (χ0) is 21.1. The van der Waals surface area contributed by atoms with Gasteiger partial charge in [-0.25, -0.2) is 0 Å². The molecule has 0 unspecified atom stereocenters. The lowest BCUT2D eigenvalue weighted by Gasteiger charge is -2.12. The molecule has 150 valence electrons. The van der Waals surface area contributed by atoms with Crippen molar-refractivity contribution in [2.75, 3.05) is 11.9 Å². The van der Waals surface area contributed by atoms with E-state index >= 15 is 0 Å². The van der Waals surface area contributed by atoms with Crippen LogP contribution in [0.2, 0.25) is 5.02 Å². The van der Waals surface area contributed by atoms with Gasteiger partial charge in [0.2, 0.25) is 5.91 Å². The standard InChI is InChI=1S/C21H18BrClN2O3S/c1-12(2)14-5-3-13(4-6-14)9-18-20(27)25(21(28)29-18)11-19(26)24-15-7-8-16(22)17(23)10-15/h3-10,12H,11H2,1-2H3,(H,24,26)/b18-9+. The van der Waals surface area contributed by atoms with Crippen molar-refractivity contribution in [3.05, 3.63) is 68.0 Å². The largest absolute Gasteiger partial charge is 0.324 e. The Balaban J connectivity index is 1.68. The number of anilines is 1. The number of hydrogen-bond donors (Lipinski definition) is 1. The van der Waals surface area contributed by atoms with E-state index in [-0.39, 0.29) is 6.54 Å². The fourth-order valence-electron chi connectivity index (χ4n) is 2.68. The van der Waals surface area contributed by atoms with E-state index in [9.17, 15) is 14.4 Å². The molecule has 3 amide bonds. The molecule has 2 aromatic rings. The van der Waals surface area contributed by atoms with Crippen LogP contribution >= 0.6 is 39.3 Å². The van der Waals surface area contributed by atoms with E-state index in [1.807, 2.05) is 24.3 Å². The molecular formula is C21H18BrClN2O3S. The van der Waals surface area contributed by atoms with Crippen LogP contribution in [0.15, 0.2) is 51.8 Å². The Morgan fingerprint density at radius 3 is 2.52 bits per heavy atom. The monoisotopic (exact) mass is 492 g/mol. The summed E-state index contributed by atoms with van der Waals surface area (Å²) in [4.78, 5) is 38.3. The molecule has 1 aliphatic rings. The molecule has 1 fully saturated rings. The predicted octanol–water partition coefficient (Wildman–Crippen LogP) is 5.90. The number of carbonyl (C=O) groups is 3. The van der Waals surface area contributed by atoms with E-state index in [4.69, 9.17) is 11.6 Å². The first-order chi connectivity index (χ1) is 13.7. The third-order valence-electron chi connectivity index (χ3n) is 4.28. The summed E-state index contributed by atoms with van der Waals surface area (Å²) >= 11 is 10.1. The second kappa shape index (κ2) is 9.15. The summed E-state index contributed by atoms with van der Waals surface area (Å²) in [5.41, 5.74) is 2.50. The molecule has 1 aliphatic heterocycles. The van der Waals surface area contributed by atoms with Gasteiger partial charge in [-0.2, -0.15) is 0 Å². The number of thioether (sulfide) groups is 1. The van der Waals surface area contributed by atoms with Gasteiger partial charge in [-0.15, -0.1) is 0 Å². The molecule has 3 rings (SSSR count). The van der Waals surface area contributed by atoms with E-state index in [0.29, 0.717) is 26.0 Å². The molecule has 0 saturated carbocycles. The van der Waals surface area contributed by atoms with E-state index in [1.165, 1.54) is 5.56 Å². The smallest absolute Gasteiger partial charge is 0.294 e. The van der Waals surface area contributed by atoms with Crippen molar-refractivity contribution in [2.24, 2.45) is 0 Å². The zero-order valence-electron chi connectivity index (χ0n) is 15.7. The Morgan fingerprint density at radius 1 is 1.21 bits per heavy atom. The van der Waals surface area contributed by atoms with Crippen LogP contribution in [0.25, 0.3) is 6.08 Å². The van der Waals surface area contributed by atoms with Crippen LogP contribution in [0.3, 0.4) is 0 Å². The normalized spacial score (nSPS) is 15.5. The van der Waals surface area contributed by atoms with Gasteiger partial charge in [-0.3, -0.25) is 19.3 Å². The van der Waals surface area contributed by atoms with E-state index < -0.39 is 17.1 Å². The molecule has 5 nitrogen and oxygen atoms in total. The fraction of sp³-hybridized carbons (Fsp3) is 0.190. The Kier molecular flexibility index (Phi) is 6.82. The number of hydrogen-bond acceptors (Lipinski definition) is 4. The van der Waals surface area contributed by atoms with Crippen molar-refractivity contribution >= 4 is 68.1 Å². The molecule has 8 heteroatoms. The molecule has 1 saturated heterocycles. The Morgan fingerprint density at radius 2 is 1.90 bits per heavy atom. The topological polar surface area (TPSA) is 66.5 Å². The first kappa shape index (κ1) is 21.6.